The molecule has 0 aromatic heterocycles. The van der Waals surface area contributed by atoms with Crippen LogP contribution >= 0.6 is 0 Å². The summed E-state index contributed by atoms with van der Waals surface area (Å²) in [5.41, 5.74) is 0.988. The molecule has 23 heavy (non-hydrogen) atoms. The monoisotopic (exact) mass is 342 g/mol. The number of methoxy groups -OCH3 is 1. The Labute approximate surface area is 139 Å². The van der Waals surface area contributed by atoms with Gasteiger partial charge in [-0.1, -0.05) is 31.5 Å². The van der Waals surface area contributed by atoms with Gasteiger partial charge in [-0.15, -0.1) is 0 Å². The molecular formula is C17H26O5S. The van der Waals surface area contributed by atoms with Crippen LogP contribution in [0.2, 0.25) is 0 Å². The predicted molar refractivity (Wildman–Crippen MR) is 88.5 cm³/mol. The molecule has 0 aliphatic heterocycles. The van der Waals surface area contributed by atoms with Crippen molar-refractivity contribution in [1.82, 2.24) is 0 Å². The van der Waals surface area contributed by atoms with Crippen molar-refractivity contribution in [1.29, 1.82) is 0 Å². The lowest BCUT2D eigenvalue weighted by atomic mass is 9.93. The first-order chi connectivity index (χ1) is 10.7. The average molecular weight is 342 g/mol. The number of esters is 1. The zero-order chi connectivity index (χ0) is 17.6. The number of hydrogen-bond donors (Lipinski definition) is 0. The molecule has 0 fully saturated rings. The van der Waals surface area contributed by atoms with Crippen LogP contribution in [0.15, 0.2) is 29.2 Å². The number of carbonyl (C=O) groups is 1. The van der Waals surface area contributed by atoms with Gasteiger partial charge in [-0.25, -0.2) is 0 Å². The molecule has 6 heteroatoms. The smallest absolute Gasteiger partial charge is 0.308 e. The Morgan fingerprint density at radius 2 is 1.65 bits per heavy atom. The lowest BCUT2D eigenvalue weighted by Gasteiger charge is -2.19. The van der Waals surface area contributed by atoms with Gasteiger partial charge >= 0.3 is 5.97 Å². The van der Waals surface area contributed by atoms with E-state index in [-0.39, 0.29) is 22.7 Å². The first-order valence-electron chi connectivity index (χ1n) is 7.73. The summed E-state index contributed by atoms with van der Waals surface area (Å²) in [4.78, 5) is 11.6. The van der Waals surface area contributed by atoms with Crippen molar-refractivity contribution in [3.8, 4) is 0 Å². The third kappa shape index (κ3) is 6.31. The highest BCUT2D eigenvalue weighted by Crippen LogP contribution is 2.22. The first-order valence-corrected chi connectivity index (χ1v) is 9.14. The van der Waals surface area contributed by atoms with E-state index >= 15 is 0 Å². The molecule has 0 aliphatic carbocycles. The molecule has 0 bridgehead atoms. The van der Waals surface area contributed by atoms with Gasteiger partial charge in [0.1, 0.15) is 0 Å². The Morgan fingerprint density at radius 1 is 1.09 bits per heavy atom. The fourth-order valence-electron chi connectivity index (χ4n) is 2.58. The molecule has 3 atom stereocenters. The molecular weight excluding hydrogens is 316 g/mol. The summed E-state index contributed by atoms with van der Waals surface area (Å²) in [6.07, 6.45) is 0.721. The molecule has 0 N–H and O–H groups in total. The van der Waals surface area contributed by atoms with Crippen molar-refractivity contribution in [2.24, 2.45) is 11.8 Å². The van der Waals surface area contributed by atoms with Crippen LogP contribution in [0.3, 0.4) is 0 Å². The molecule has 1 aromatic carbocycles. The van der Waals surface area contributed by atoms with E-state index in [4.69, 9.17) is 8.92 Å². The van der Waals surface area contributed by atoms with Crippen molar-refractivity contribution in [2.45, 2.75) is 51.5 Å². The minimum absolute atomic E-state index is 0.146. The Kier molecular flexibility index (Phi) is 7.22. The van der Waals surface area contributed by atoms with Crippen LogP contribution < -0.4 is 0 Å². The SMILES string of the molecule is COC(=O)[C@H](C)C[C@H](C)C[C@H](C)OS(=O)(=O)c1ccc(C)cc1. The van der Waals surface area contributed by atoms with Crippen LogP contribution in [0.4, 0.5) is 0 Å². The summed E-state index contributed by atoms with van der Waals surface area (Å²) >= 11 is 0. The number of benzene rings is 1. The zero-order valence-electron chi connectivity index (χ0n) is 14.4. The molecule has 0 radical (unpaired) electrons. The number of hydrogen-bond acceptors (Lipinski definition) is 5. The third-order valence-corrected chi connectivity index (χ3v) is 5.13. The maximum absolute atomic E-state index is 12.2. The van der Waals surface area contributed by atoms with Crippen molar-refractivity contribution in [3.05, 3.63) is 29.8 Å². The molecule has 1 rings (SSSR count). The van der Waals surface area contributed by atoms with E-state index in [9.17, 15) is 13.2 Å². The average Bonchev–Trinajstić information content (AvgIpc) is 2.45. The van der Waals surface area contributed by atoms with E-state index in [1.807, 2.05) is 13.8 Å². The lowest BCUT2D eigenvalue weighted by molar-refractivity contribution is -0.145. The van der Waals surface area contributed by atoms with Gasteiger partial charge < -0.3 is 4.74 Å². The van der Waals surface area contributed by atoms with Gasteiger partial charge in [0.05, 0.1) is 24.0 Å². The molecule has 0 amide bonds. The molecule has 0 saturated carbocycles. The minimum Gasteiger partial charge on any atom is -0.469 e. The van der Waals surface area contributed by atoms with Gasteiger partial charge in [0.25, 0.3) is 10.1 Å². The Morgan fingerprint density at radius 3 is 2.17 bits per heavy atom. The highest BCUT2D eigenvalue weighted by molar-refractivity contribution is 7.86. The second kappa shape index (κ2) is 8.45. The summed E-state index contributed by atoms with van der Waals surface area (Å²) in [5.74, 6) is -0.319. The van der Waals surface area contributed by atoms with Crippen LogP contribution in [0, 0.1) is 18.8 Å². The van der Waals surface area contributed by atoms with E-state index in [2.05, 4.69) is 0 Å². The maximum atomic E-state index is 12.2. The number of ether oxygens (including phenoxy) is 1. The van der Waals surface area contributed by atoms with Crippen molar-refractivity contribution in [3.63, 3.8) is 0 Å². The summed E-state index contributed by atoms with van der Waals surface area (Å²) in [5, 5.41) is 0. The summed E-state index contributed by atoms with van der Waals surface area (Å²) < 4.78 is 34.4. The second-order valence-electron chi connectivity index (χ2n) is 6.17. The fourth-order valence-corrected chi connectivity index (χ4v) is 3.67. The maximum Gasteiger partial charge on any atom is 0.308 e. The highest BCUT2D eigenvalue weighted by atomic mass is 32.2. The van der Waals surface area contributed by atoms with Crippen LogP contribution in [-0.4, -0.2) is 27.6 Å². The van der Waals surface area contributed by atoms with Crippen molar-refractivity contribution in [2.75, 3.05) is 7.11 Å². The largest absolute Gasteiger partial charge is 0.469 e. The Hall–Kier alpha value is -1.40. The third-order valence-electron chi connectivity index (χ3n) is 3.69. The van der Waals surface area contributed by atoms with Crippen LogP contribution in [0.5, 0.6) is 0 Å². The van der Waals surface area contributed by atoms with Crippen LogP contribution in [0.25, 0.3) is 0 Å². The highest BCUT2D eigenvalue weighted by Gasteiger charge is 2.22. The molecule has 130 valence electrons. The van der Waals surface area contributed by atoms with E-state index in [0.29, 0.717) is 12.8 Å². The summed E-state index contributed by atoms with van der Waals surface area (Å²) in [6.45, 7) is 7.39. The topological polar surface area (TPSA) is 69.7 Å². The predicted octanol–water partition coefficient (Wildman–Crippen LogP) is 3.31. The van der Waals surface area contributed by atoms with Crippen molar-refractivity contribution < 1.29 is 22.1 Å². The van der Waals surface area contributed by atoms with Gasteiger partial charge in [0, 0.05) is 0 Å². The van der Waals surface area contributed by atoms with Gasteiger partial charge in [-0.05, 0) is 44.7 Å². The van der Waals surface area contributed by atoms with E-state index in [0.717, 1.165) is 5.56 Å². The second-order valence-corrected chi connectivity index (χ2v) is 7.75. The first kappa shape index (κ1) is 19.6. The quantitative estimate of drug-likeness (QED) is 0.535. The molecule has 0 saturated heterocycles. The molecule has 0 spiro atoms. The molecule has 1 aromatic rings. The van der Waals surface area contributed by atoms with Crippen LogP contribution in [-0.2, 0) is 23.8 Å². The van der Waals surface area contributed by atoms with Gasteiger partial charge in [-0.2, -0.15) is 8.42 Å². The normalized spacial score (nSPS) is 15.7. The molecule has 5 nitrogen and oxygen atoms in total. The standard InChI is InChI=1S/C17H26O5S/c1-12-6-8-16(9-7-12)23(19,20)22-15(4)11-13(2)10-14(3)17(18)21-5/h6-9,13-15H,10-11H2,1-5H3/t13-,14+,15-/m0/s1. The van der Waals surface area contributed by atoms with Gasteiger partial charge in [-0.3, -0.25) is 8.98 Å². The fraction of sp³-hybridized carbons (Fsp3) is 0.588. The number of aryl methyl sites for hydroxylation is 1. The Bertz CT molecular complexity index is 606. The zero-order valence-corrected chi connectivity index (χ0v) is 15.2. The van der Waals surface area contributed by atoms with Crippen LogP contribution in [0.1, 0.15) is 39.2 Å². The summed E-state index contributed by atoms with van der Waals surface area (Å²) in [7, 11) is -2.40. The van der Waals surface area contributed by atoms with E-state index < -0.39 is 16.2 Å². The molecule has 0 unspecified atom stereocenters. The molecule has 0 aliphatic rings. The number of carbonyl (C=O) groups excluding carboxylic acids is 1. The van der Waals surface area contributed by atoms with Crippen molar-refractivity contribution >= 4 is 16.1 Å². The summed E-state index contributed by atoms with van der Waals surface area (Å²) in [6, 6.07) is 6.56. The van der Waals surface area contributed by atoms with E-state index in [1.165, 1.54) is 7.11 Å². The minimum atomic E-state index is -3.76. The number of rotatable bonds is 8. The lowest BCUT2D eigenvalue weighted by Crippen LogP contribution is -2.21. The van der Waals surface area contributed by atoms with Gasteiger partial charge in [0.15, 0.2) is 0 Å². The Balaban J connectivity index is 2.59. The van der Waals surface area contributed by atoms with Gasteiger partial charge in [0.2, 0.25) is 0 Å². The molecule has 0 heterocycles. The van der Waals surface area contributed by atoms with E-state index in [1.54, 1.807) is 38.1 Å².